The Morgan fingerprint density at radius 3 is 2.58 bits per heavy atom. The molecule has 1 heterocycles. The average molecular weight is 265 g/mol. The van der Waals surface area contributed by atoms with Gasteiger partial charge in [0, 0.05) is 5.92 Å². The number of carbonyl (C=O) groups excluding carboxylic acids is 1. The molecule has 2 aliphatic rings. The molecule has 1 aliphatic heterocycles. The van der Waals surface area contributed by atoms with Gasteiger partial charge in [0.1, 0.15) is 5.60 Å². The minimum absolute atomic E-state index is 0.00674. The molecule has 1 saturated heterocycles. The van der Waals surface area contributed by atoms with Gasteiger partial charge in [-0.25, -0.2) is 0 Å². The van der Waals surface area contributed by atoms with Crippen LogP contribution in [0.2, 0.25) is 0 Å². The van der Waals surface area contributed by atoms with Crippen LogP contribution in [-0.2, 0) is 9.53 Å². The third-order valence-corrected chi connectivity index (χ3v) is 4.66. The lowest BCUT2D eigenvalue weighted by Crippen LogP contribution is -2.43. The molecule has 0 amide bonds. The van der Waals surface area contributed by atoms with E-state index in [1.165, 1.54) is 5.57 Å². The lowest BCUT2D eigenvalue weighted by molar-refractivity contribution is -0.168. The lowest BCUT2D eigenvalue weighted by atomic mass is 9.83. The summed E-state index contributed by atoms with van der Waals surface area (Å²) in [6.45, 7) is 8.37. The molecule has 19 heavy (non-hydrogen) atoms. The van der Waals surface area contributed by atoms with Gasteiger partial charge in [-0.3, -0.25) is 4.79 Å². The van der Waals surface area contributed by atoms with E-state index < -0.39 is 0 Å². The first-order valence-corrected chi connectivity index (χ1v) is 7.58. The summed E-state index contributed by atoms with van der Waals surface area (Å²) in [6, 6.07) is 0. The highest BCUT2D eigenvalue weighted by Gasteiger charge is 2.36. The van der Waals surface area contributed by atoms with Crippen LogP contribution in [0.3, 0.4) is 0 Å². The van der Waals surface area contributed by atoms with Crippen LogP contribution in [0.4, 0.5) is 0 Å². The number of carbonyl (C=O) groups is 1. The summed E-state index contributed by atoms with van der Waals surface area (Å²) in [6.07, 6.45) is 7.23. The summed E-state index contributed by atoms with van der Waals surface area (Å²) in [4.78, 5) is 12.3. The summed E-state index contributed by atoms with van der Waals surface area (Å²) in [7, 11) is 0. The molecule has 0 bridgehead atoms. The first kappa shape index (κ1) is 14.6. The Bertz CT molecular complexity index is 354. The first-order valence-electron chi connectivity index (χ1n) is 7.58. The highest BCUT2D eigenvalue weighted by atomic mass is 16.6. The Kier molecular flexibility index (Phi) is 4.67. The van der Waals surface area contributed by atoms with E-state index in [1.807, 2.05) is 0 Å². The molecule has 1 N–H and O–H groups in total. The fraction of sp³-hybridized carbons (Fsp3) is 0.812. The Morgan fingerprint density at radius 2 is 2.00 bits per heavy atom. The number of rotatable bonds is 3. The summed E-state index contributed by atoms with van der Waals surface area (Å²) in [5.41, 5.74) is 1.08. The van der Waals surface area contributed by atoms with Crippen LogP contribution in [0.1, 0.15) is 52.9 Å². The van der Waals surface area contributed by atoms with Gasteiger partial charge in [-0.05, 0) is 66.0 Å². The molecule has 1 aliphatic carbocycles. The lowest BCUT2D eigenvalue weighted by Gasteiger charge is -2.37. The third-order valence-electron chi connectivity index (χ3n) is 4.66. The molecule has 0 aromatic heterocycles. The molecule has 2 rings (SSSR count). The van der Waals surface area contributed by atoms with Crippen molar-refractivity contribution in [2.75, 3.05) is 13.1 Å². The van der Waals surface area contributed by atoms with Crippen molar-refractivity contribution in [2.45, 2.75) is 58.5 Å². The molecule has 3 heteroatoms. The molecule has 3 nitrogen and oxygen atoms in total. The van der Waals surface area contributed by atoms with Gasteiger partial charge in [0.25, 0.3) is 0 Å². The molecule has 0 aromatic rings. The van der Waals surface area contributed by atoms with Crippen LogP contribution in [-0.4, -0.2) is 24.7 Å². The van der Waals surface area contributed by atoms with Crippen molar-refractivity contribution in [3.8, 4) is 0 Å². The van der Waals surface area contributed by atoms with Crippen molar-refractivity contribution in [3.63, 3.8) is 0 Å². The smallest absolute Gasteiger partial charge is 0.309 e. The topological polar surface area (TPSA) is 38.3 Å². The second kappa shape index (κ2) is 6.08. The molecule has 108 valence electrons. The Balaban J connectivity index is 1.90. The number of piperidine rings is 1. The Labute approximate surface area is 116 Å². The van der Waals surface area contributed by atoms with Crippen LogP contribution < -0.4 is 5.32 Å². The number of esters is 1. The largest absolute Gasteiger partial charge is 0.459 e. The molecule has 0 aromatic carbocycles. The molecule has 1 atom stereocenters. The third kappa shape index (κ3) is 3.82. The summed E-state index contributed by atoms with van der Waals surface area (Å²) < 4.78 is 5.86. The van der Waals surface area contributed by atoms with Gasteiger partial charge in [-0.15, -0.1) is 0 Å². The van der Waals surface area contributed by atoms with Crippen molar-refractivity contribution < 1.29 is 9.53 Å². The number of ether oxygens (including phenoxy) is 1. The zero-order valence-electron chi connectivity index (χ0n) is 12.5. The SMILES string of the molecule is CC1=CCC(C(=O)OC(C)(C)C2CCNCC2)CC1. The zero-order chi connectivity index (χ0) is 13.9. The maximum absolute atomic E-state index is 12.3. The fourth-order valence-corrected chi connectivity index (χ4v) is 3.12. The van der Waals surface area contributed by atoms with Crippen LogP contribution in [0.15, 0.2) is 11.6 Å². The van der Waals surface area contributed by atoms with Gasteiger partial charge >= 0.3 is 5.97 Å². The first-order chi connectivity index (χ1) is 8.99. The average Bonchev–Trinajstić information content (AvgIpc) is 2.40. The number of hydrogen-bond acceptors (Lipinski definition) is 3. The molecule has 0 spiro atoms. The second-order valence-corrected chi connectivity index (χ2v) is 6.57. The van der Waals surface area contributed by atoms with E-state index in [2.05, 4.69) is 32.2 Å². The van der Waals surface area contributed by atoms with Gasteiger partial charge in [-0.1, -0.05) is 11.6 Å². The van der Waals surface area contributed by atoms with Crippen LogP contribution >= 0.6 is 0 Å². The van der Waals surface area contributed by atoms with Crippen LogP contribution in [0.5, 0.6) is 0 Å². The van der Waals surface area contributed by atoms with Crippen LogP contribution in [0, 0.1) is 11.8 Å². The predicted molar refractivity (Wildman–Crippen MR) is 76.9 cm³/mol. The van der Waals surface area contributed by atoms with E-state index in [0.717, 1.165) is 45.2 Å². The Hall–Kier alpha value is -0.830. The molecule has 0 saturated carbocycles. The molecule has 0 radical (unpaired) electrons. The van der Waals surface area contributed by atoms with E-state index in [1.54, 1.807) is 0 Å². The van der Waals surface area contributed by atoms with Crippen LogP contribution in [0.25, 0.3) is 0 Å². The number of hydrogen-bond donors (Lipinski definition) is 1. The summed E-state index contributed by atoms with van der Waals surface area (Å²) >= 11 is 0. The molecular weight excluding hydrogens is 238 g/mol. The van der Waals surface area contributed by atoms with Gasteiger partial charge in [0.2, 0.25) is 0 Å². The zero-order valence-corrected chi connectivity index (χ0v) is 12.5. The highest BCUT2D eigenvalue weighted by Crippen LogP contribution is 2.32. The highest BCUT2D eigenvalue weighted by molar-refractivity contribution is 5.73. The van der Waals surface area contributed by atoms with Crippen molar-refractivity contribution in [2.24, 2.45) is 11.8 Å². The number of nitrogens with one attached hydrogen (secondary N) is 1. The van der Waals surface area contributed by atoms with E-state index >= 15 is 0 Å². The van der Waals surface area contributed by atoms with Crippen molar-refractivity contribution in [1.82, 2.24) is 5.32 Å². The van der Waals surface area contributed by atoms with E-state index in [0.29, 0.717) is 5.92 Å². The van der Waals surface area contributed by atoms with Crippen molar-refractivity contribution >= 4 is 5.97 Å². The minimum atomic E-state index is -0.324. The van der Waals surface area contributed by atoms with Gasteiger partial charge in [0.15, 0.2) is 0 Å². The second-order valence-electron chi connectivity index (χ2n) is 6.57. The van der Waals surface area contributed by atoms with E-state index in [-0.39, 0.29) is 17.5 Å². The standard InChI is InChI=1S/C16H27NO2/c1-12-4-6-13(7-5-12)15(18)19-16(2,3)14-8-10-17-11-9-14/h4,13-14,17H,5-11H2,1-3H3. The Morgan fingerprint density at radius 1 is 1.32 bits per heavy atom. The molecular formula is C16H27NO2. The predicted octanol–water partition coefficient (Wildman–Crippen LogP) is 3.05. The normalized spacial score (nSPS) is 25.8. The van der Waals surface area contributed by atoms with Gasteiger partial charge < -0.3 is 10.1 Å². The monoisotopic (exact) mass is 265 g/mol. The van der Waals surface area contributed by atoms with Gasteiger partial charge in [-0.2, -0.15) is 0 Å². The number of allylic oxidation sites excluding steroid dienone is 2. The van der Waals surface area contributed by atoms with Gasteiger partial charge in [0.05, 0.1) is 5.92 Å². The summed E-state index contributed by atoms with van der Waals surface area (Å²) in [5, 5.41) is 3.36. The van der Waals surface area contributed by atoms with E-state index in [9.17, 15) is 4.79 Å². The molecule has 1 unspecified atom stereocenters. The van der Waals surface area contributed by atoms with E-state index in [4.69, 9.17) is 4.74 Å². The maximum Gasteiger partial charge on any atom is 0.309 e. The maximum atomic E-state index is 12.3. The van der Waals surface area contributed by atoms with Crippen molar-refractivity contribution in [1.29, 1.82) is 0 Å². The molecule has 1 fully saturated rings. The minimum Gasteiger partial charge on any atom is -0.459 e. The quantitative estimate of drug-likeness (QED) is 0.629. The fourth-order valence-electron chi connectivity index (χ4n) is 3.12. The summed E-state index contributed by atoms with van der Waals surface area (Å²) in [5.74, 6) is 0.565. The van der Waals surface area contributed by atoms with Crippen molar-refractivity contribution in [3.05, 3.63) is 11.6 Å².